The Kier molecular flexibility index (Phi) is 5.37. The Morgan fingerprint density at radius 3 is 2.29 bits per heavy atom. The summed E-state index contributed by atoms with van der Waals surface area (Å²) in [5, 5.41) is 9.32. The Morgan fingerprint density at radius 1 is 1.29 bits per heavy atom. The van der Waals surface area contributed by atoms with Gasteiger partial charge in [0.1, 0.15) is 5.82 Å². The van der Waals surface area contributed by atoms with E-state index in [4.69, 9.17) is 0 Å². The fourth-order valence-electron chi connectivity index (χ4n) is 2.27. The largest absolute Gasteiger partial charge is 0.478 e. The van der Waals surface area contributed by atoms with E-state index in [1.807, 2.05) is 27.8 Å². The number of aromatic nitrogens is 1. The summed E-state index contributed by atoms with van der Waals surface area (Å²) in [4.78, 5) is 18.1. The molecule has 0 saturated heterocycles. The highest BCUT2D eigenvalue weighted by molar-refractivity contribution is 5.88. The van der Waals surface area contributed by atoms with Crippen LogP contribution >= 0.6 is 0 Å². The van der Waals surface area contributed by atoms with Gasteiger partial charge in [0.2, 0.25) is 0 Å². The van der Waals surface area contributed by atoms with Gasteiger partial charge in [-0.15, -0.1) is 0 Å². The normalized spacial score (nSPS) is 13.3. The Morgan fingerprint density at radius 2 is 1.86 bits per heavy atom. The van der Waals surface area contributed by atoms with E-state index in [2.05, 4.69) is 30.7 Å². The van der Waals surface area contributed by atoms with Gasteiger partial charge in [-0.05, 0) is 31.4 Å². The molecule has 1 N–H and O–H groups in total. The molecule has 1 aromatic rings. The minimum atomic E-state index is -0.908. The van der Waals surface area contributed by atoms with Crippen molar-refractivity contribution in [2.45, 2.75) is 59.4 Å². The predicted molar refractivity (Wildman–Crippen MR) is 87.2 cm³/mol. The van der Waals surface area contributed by atoms with Crippen LogP contribution in [-0.4, -0.2) is 29.1 Å². The molecule has 4 heteroatoms. The lowest BCUT2D eigenvalue weighted by atomic mass is 9.90. The minimum absolute atomic E-state index is 0.178. The van der Waals surface area contributed by atoms with Crippen molar-refractivity contribution in [3.63, 3.8) is 0 Å². The highest BCUT2D eigenvalue weighted by atomic mass is 16.4. The number of rotatable bonds is 5. The quantitative estimate of drug-likeness (QED) is 0.893. The third-order valence-electron chi connectivity index (χ3n) is 3.66. The topological polar surface area (TPSA) is 53.4 Å². The van der Waals surface area contributed by atoms with Crippen molar-refractivity contribution < 1.29 is 9.90 Å². The van der Waals surface area contributed by atoms with E-state index < -0.39 is 5.97 Å². The number of pyridine rings is 1. The molecule has 0 aliphatic heterocycles. The van der Waals surface area contributed by atoms with Crippen molar-refractivity contribution in [2.24, 2.45) is 5.92 Å². The lowest BCUT2D eigenvalue weighted by Gasteiger charge is -2.29. The van der Waals surface area contributed by atoms with Crippen LogP contribution < -0.4 is 4.90 Å². The maximum absolute atomic E-state index is 11.4. The lowest BCUT2D eigenvalue weighted by molar-refractivity contribution is 0.0696. The molecule has 0 aliphatic carbocycles. The van der Waals surface area contributed by atoms with Crippen LogP contribution in [0.15, 0.2) is 12.1 Å². The van der Waals surface area contributed by atoms with Crippen molar-refractivity contribution >= 4 is 11.8 Å². The predicted octanol–water partition coefficient (Wildman–Crippen LogP) is 3.95. The number of aromatic carboxylic acids is 1. The van der Waals surface area contributed by atoms with Crippen LogP contribution in [0.5, 0.6) is 0 Å². The first-order chi connectivity index (χ1) is 9.52. The second-order valence-corrected chi connectivity index (χ2v) is 7.24. The number of hydrogen-bond donors (Lipinski definition) is 1. The Bertz CT molecular complexity index is 504. The van der Waals surface area contributed by atoms with E-state index in [0.29, 0.717) is 17.5 Å². The molecule has 1 atom stereocenters. The number of carboxylic acid groups (broad SMARTS) is 1. The van der Waals surface area contributed by atoms with Crippen molar-refractivity contribution in [3.05, 3.63) is 23.4 Å². The third-order valence-corrected chi connectivity index (χ3v) is 3.66. The van der Waals surface area contributed by atoms with Crippen LogP contribution in [-0.2, 0) is 5.41 Å². The summed E-state index contributed by atoms with van der Waals surface area (Å²) in [6, 6.07) is 3.65. The van der Waals surface area contributed by atoms with Gasteiger partial charge in [0.15, 0.2) is 0 Å². The summed E-state index contributed by atoms with van der Waals surface area (Å²) in [6.45, 7) is 12.6. The molecule has 1 aromatic heterocycles. The monoisotopic (exact) mass is 292 g/mol. The number of hydrogen-bond acceptors (Lipinski definition) is 3. The highest BCUT2D eigenvalue weighted by Gasteiger charge is 2.21. The molecule has 0 radical (unpaired) electrons. The van der Waals surface area contributed by atoms with Crippen LogP contribution in [0.1, 0.15) is 64.0 Å². The fourth-order valence-corrected chi connectivity index (χ4v) is 2.27. The SMILES string of the molecule is CC(C)CC(C)N(C)c1cc(C(=O)O)cc(C(C)(C)C)n1. The number of carbonyl (C=O) groups is 1. The van der Waals surface area contributed by atoms with Gasteiger partial charge >= 0.3 is 5.97 Å². The van der Waals surface area contributed by atoms with Crippen LogP contribution in [0.4, 0.5) is 5.82 Å². The molecule has 0 aromatic carbocycles. The van der Waals surface area contributed by atoms with E-state index in [0.717, 1.165) is 17.9 Å². The molecule has 0 saturated carbocycles. The van der Waals surface area contributed by atoms with E-state index in [9.17, 15) is 9.90 Å². The average Bonchev–Trinajstić information content (AvgIpc) is 2.35. The summed E-state index contributed by atoms with van der Waals surface area (Å²) in [7, 11) is 1.98. The van der Waals surface area contributed by atoms with Gasteiger partial charge < -0.3 is 10.0 Å². The molecule has 1 rings (SSSR count). The molecule has 0 bridgehead atoms. The summed E-state index contributed by atoms with van der Waals surface area (Å²) in [5.74, 6) is 0.411. The van der Waals surface area contributed by atoms with E-state index in [1.54, 1.807) is 12.1 Å². The third kappa shape index (κ3) is 4.73. The first-order valence-corrected chi connectivity index (χ1v) is 7.51. The molecule has 21 heavy (non-hydrogen) atoms. The molecule has 1 heterocycles. The maximum Gasteiger partial charge on any atom is 0.335 e. The Labute approximate surface area is 128 Å². The molecule has 4 nitrogen and oxygen atoms in total. The molecule has 118 valence electrons. The first-order valence-electron chi connectivity index (χ1n) is 7.51. The van der Waals surface area contributed by atoms with Crippen LogP contribution in [0.3, 0.4) is 0 Å². The number of nitrogens with zero attached hydrogens (tertiary/aromatic N) is 2. The number of carboxylic acids is 1. The summed E-state index contributed by atoms with van der Waals surface area (Å²) in [5.41, 5.74) is 0.928. The molecule has 0 amide bonds. The zero-order valence-electron chi connectivity index (χ0n) is 14.3. The molecular formula is C17H28N2O2. The fraction of sp³-hybridized carbons (Fsp3) is 0.647. The second-order valence-electron chi connectivity index (χ2n) is 7.24. The maximum atomic E-state index is 11.4. The van der Waals surface area contributed by atoms with Crippen LogP contribution in [0, 0.1) is 5.92 Å². The number of anilines is 1. The van der Waals surface area contributed by atoms with E-state index >= 15 is 0 Å². The summed E-state index contributed by atoms with van der Waals surface area (Å²) < 4.78 is 0. The average molecular weight is 292 g/mol. The van der Waals surface area contributed by atoms with Crippen LogP contribution in [0.25, 0.3) is 0 Å². The second kappa shape index (κ2) is 6.46. The van der Waals surface area contributed by atoms with Gasteiger partial charge in [0.05, 0.1) is 5.56 Å². The standard InChI is InChI=1S/C17H28N2O2/c1-11(2)8-12(3)19(7)15-10-13(16(20)21)9-14(18-15)17(4,5)6/h9-12H,8H2,1-7H3,(H,20,21). The smallest absolute Gasteiger partial charge is 0.335 e. The zero-order chi connectivity index (χ0) is 16.4. The van der Waals surface area contributed by atoms with Crippen molar-refractivity contribution in [2.75, 3.05) is 11.9 Å². The lowest BCUT2D eigenvalue weighted by Crippen LogP contribution is -2.31. The molecule has 1 unspecified atom stereocenters. The van der Waals surface area contributed by atoms with Gasteiger partial charge in [0.25, 0.3) is 0 Å². The summed E-state index contributed by atoms with van der Waals surface area (Å²) in [6.07, 6.45) is 1.04. The first kappa shape index (κ1) is 17.5. The van der Waals surface area contributed by atoms with Crippen molar-refractivity contribution in [1.82, 2.24) is 4.98 Å². The van der Waals surface area contributed by atoms with E-state index in [-0.39, 0.29) is 5.41 Å². The zero-order valence-corrected chi connectivity index (χ0v) is 14.3. The van der Waals surface area contributed by atoms with Gasteiger partial charge in [0, 0.05) is 24.2 Å². The van der Waals surface area contributed by atoms with Crippen molar-refractivity contribution in [3.8, 4) is 0 Å². The van der Waals surface area contributed by atoms with Crippen LogP contribution in [0.2, 0.25) is 0 Å². The minimum Gasteiger partial charge on any atom is -0.478 e. The van der Waals surface area contributed by atoms with Gasteiger partial charge in [-0.3, -0.25) is 0 Å². The summed E-state index contributed by atoms with van der Waals surface area (Å²) >= 11 is 0. The van der Waals surface area contributed by atoms with E-state index in [1.165, 1.54) is 0 Å². The molecule has 0 fully saturated rings. The van der Waals surface area contributed by atoms with Crippen molar-refractivity contribution in [1.29, 1.82) is 0 Å². The Hall–Kier alpha value is -1.58. The van der Waals surface area contributed by atoms with Gasteiger partial charge in [-0.2, -0.15) is 0 Å². The van der Waals surface area contributed by atoms with Gasteiger partial charge in [-0.25, -0.2) is 9.78 Å². The Balaban J connectivity index is 3.22. The molecule has 0 aliphatic rings. The highest BCUT2D eigenvalue weighted by Crippen LogP contribution is 2.26. The van der Waals surface area contributed by atoms with Gasteiger partial charge in [-0.1, -0.05) is 34.6 Å². The molecular weight excluding hydrogens is 264 g/mol. The molecule has 0 spiro atoms.